The Balaban J connectivity index is 1.55. The van der Waals surface area contributed by atoms with Gasteiger partial charge >= 0.3 is 0 Å². The summed E-state index contributed by atoms with van der Waals surface area (Å²) in [6.45, 7) is 3.71. The SMILES string of the molecule is CN(C)C[C@@H]1CO[C@@H]2CN(C(=O)CC3CC3)C[C@H]12. The van der Waals surface area contributed by atoms with Gasteiger partial charge in [-0.1, -0.05) is 0 Å². The first kappa shape index (κ1) is 12.4. The number of carbonyl (C=O) groups excluding carboxylic acids is 1. The summed E-state index contributed by atoms with van der Waals surface area (Å²) in [7, 11) is 4.22. The number of amides is 1. The third-order valence-corrected chi connectivity index (χ3v) is 4.55. The third kappa shape index (κ3) is 2.54. The maximum Gasteiger partial charge on any atom is 0.222 e. The van der Waals surface area contributed by atoms with Crippen LogP contribution in [-0.2, 0) is 9.53 Å². The molecule has 18 heavy (non-hydrogen) atoms. The Hall–Kier alpha value is -0.610. The van der Waals surface area contributed by atoms with Gasteiger partial charge in [0.1, 0.15) is 0 Å². The van der Waals surface area contributed by atoms with Crippen molar-refractivity contribution in [2.75, 3.05) is 40.3 Å². The number of ether oxygens (including phenoxy) is 1. The molecule has 0 aromatic rings. The smallest absolute Gasteiger partial charge is 0.222 e. The molecule has 3 aliphatic rings. The second-order valence-corrected chi connectivity index (χ2v) is 6.50. The Labute approximate surface area is 109 Å². The Morgan fingerprint density at radius 2 is 2.11 bits per heavy atom. The summed E-state index contributed by atoms with van der Waals surface area (Å²) in [5.74, 6) is 2.22. The van der Waals surface area contributed by atoms with Gasteiger partial charge in [0, 0.05) is 37.9 Å². The molecule has 3 fully saturated rings. The average molecular weight is 252 g/mol. The average Bonchev–Trinajstić information content (AvgIpc) is 2.89. The number of likely N-dealkylation sites (tertiary alicyclic amines) is 1. The van der Waals surface area contributed by atoms with Crippen molar-refractivity contribution in [3.8, 4) is 0 Å². The first-order valence-corrected chi connectivity index (χ1v) is 7.17. The molecule has 2 saturated heterocycles. The standard InChI is InChI=1S/C14H24N2O2/c1-15(2)6-11-9-18-13-8-16(7-12(11)13)14(17)5-10-3-4-10/h10-13H,3-9H2,1-2H3/t11-,12-,13-/m1/s1. The van der Waals surface area contributed by atoms with Crippen LogP contribution in [0.4, 0.5) is 0 Å². The third-order valence-electron chi connectivity index (χ3n) is 4.55. The lowest BCUT2D eigenvalue weighted by Crippen LogP contribution is -2.33. The van der Waals surface area contributed by atoms with Crippen molar-refractivity contribution in [1.82, 2.24) is 9.80 Å². The van der Waals surface area contributed by atoms with E-state index in [9.17, 15) is 4.79 Å². The maximum absolute atomic E-state index is 12.1. The van der Waals surface area contributed by atoms with Gasteiger partial charge in [-0.2, -0.15) is 0 Å². The predicted molar refractivity (Wildman–Crippen MR) is 69.2 cm³/mol. The van der Waals surface area contributed by atoms with E-state index in [0.29, 0.717) is 29.8 Å². The van der Waals surface area contributed by atoms with E-state index in [1.807, 2.05) is 0 Å². The summed E-state index contributed by atoms with van der Waals surface area (Å²) < 4.78 is 5.87. The molecule has 1 saturated carbocycles. The molecule has 4 nitrogen and oxygen atoms in total. The van der Waals surface area contributed by atoms with Gasteiger partial charge in [0.2, 0.25) is 5.91 Å². The molecule has 0 aromatic heterocycles. The Morgan fingerprint density at radius 3 is 2.78 bits per heavy atom. The summed E-state index contributed by atoms with van der Waals surface area (Å²) in [6, 6.07) is 0. The zero-order chi connectivity index (χ0) is 12.7. The van der Waals surface area contributed by atoms with Crippen LogP contribution in [0.5, 0.6) is 0 Å². The Kier molecular flexibility index (Phi) is 3.32. The van der Waals surface area contributed by atoms with Crippen molar-refractivity contribution in [1.29, 1.82) is 0 Å². The molecule has 3 atom stereocenters. The van der Waals surface area contributed by atoms with Gasteiger partial charge in [0.15, 0.2) is 0 Å². The molecule has 0 spiro atoms. The molecule has 0 bridgehead atoms. The van der Waals surface area contributed by atoms with Crippen LogP contribution in [0.15, 0.2) is 0 Å². The highest BCUT2D eigenvalue weighted by Crippen LogP contribution is 2.37. The first-order valence-electron chi connectivity index (χ1n) is 7.17. The highest BCUT2D eigenvalue weighted by Gasteiger charge is 2.45. The Bertz CT molecular complexity index is 328. The van der Waals surface area contributed by atoms with Crippen LogP contribution in [0, 0.1) is 17.8 Å². The van der Waals surface area contributed by atoms with Crippen LogP contribution in [0.1, 0.15) is 19.3 Å². The molecule has 3 rings (SSSR count). The van der Waals surface area contributed by atoms with Crippen molar-refractivity contribution >= 4 is 5.91 Å². The number of carbonyl (C=O) groups is 1. The van der Waals surface area contributed by atoms with E-state index in [2.05, 4.69) is 23.9 Å². The number of fused-ring (bicyclic) bond motifs is 1. The van der Waals surface area contributed by atoms with E-state index in [0.717, 1.165) is 32.7 Å². The number of hydrogen-bond donors (Lipinski definition) is 0. The minimum absolute atomic E-state index is 0.304. The van der Waals surface area contributed by atoms with Gasteiger partial charge in [-0.15, -0.1) is 0 Å². The van der Waals surface area contributed by atoms with Crippen LogP contribution in [-0.4, -0.2) is 62.1 Å². The second-order valence-electron chi connectivity index (χ2n) is 6.50. The van der Waals surface area contributed by atoms with Crippen LogP contribution in [0.25, 0.3) is 0 Å². The van der Waals surface area contributed by atoms with E-state index in [1.165, 1.54) is 12.8 Å². The van der Waals surface area contributed by atoms with E-state index >= 15 is 0 Å². The van der Waals surface area contributed by atoms with Crippen molar-refractivity contribution in [2.24, 2.45) is 17.8 Å². The van der Waals surface area contributed by atoms with Gasteiger partial charge in [0.05, 0.1) is 12.7 Å². The molecule has 0 unspecified atom stereocenters. The fourth-order valence-electron chi connectivity index (χ4n) is 3.36. The molecular weight excluding hydrogens is 228 g/mol. The quantitative estimate of drug-likeness (QED) is 0.742. The largest absolute Gasteiger partial charge is 0.376 e. The Morgan fingerprint density at radius 1 is 1.33 bits per heavy atom. The van der Waals surface area contributed by atoms with Gasteiger partial charge < -0.3 is 14.5 Å². The van der Waals surface area contributed by atoms with Crippen molar-refractivity contribution < 1.29 is 9.53 Å². The van der Waals surface area contributed by atoms with Crippen molar-refractivity contribution in [2.45, 2.75) is 25.4 Å². The molecule has 0 aromatic carbocycles. The van der Waals surface area contributed by atoms with E-state index in [1.54, 1.807) is 0 Å². The van der Waals surface area contributed by atoms with Crippen LogP contribution in [0.2, 0.25) is 0 Å². The lowest BCUT2D eigenvalue weighted by Gasteiger charge is -2.22. The summed E-state index contributed by atoms with van der Waals surface area (Å²) in [5.41, 5.74) is 0. The zero-order valence-electron chi connectivity index (χ0n) is 11.5. The van der Waals surface area contributed by atoms with Crippen molar-refractivity contribution in [3.05, 3.63) is 0 Å². The number of rotatable bonds is 4. The fourth-order valence-corrected chi connectivity index (χ4v) is 3.36. The van der Waals surface area contributed by atoms with Gasteiger partial charge in [-0.05, 0) is 32.9 Å². The summed E-state index contributed by atoms with van der Waals surface area (Å²) in [6.07, 6.45) is 3.59. The van der Waals surface area contributed by atoms with Gasteiger partial charge in [-0.3, -0.25) is 4.79 Å². The van der Waals surface area contributed by atoms with Gasteiger partial charge in [-0.25, -0.2) is 0 Å². The van der Waals surface area contributed by atoms with Crippen LogP contribution < -0.4 is 0 Å². The van der Waals surface area contributed by atoms with E-state index < -0.39 is 0 Å². The number of nitrogens with zero attached hydrogens (tertiary/aromatic N) is 2. The molecule has 0 N–H and O–H groups in total. The highest BCUT2D eigenvalue weighted by molar-refractivity contribution is 5.77. The van der Waals surface area contributed by atoms with E-state index in [4.69, 9.17) is 4.74 Å². The fraction of sp³-hybridized carbons (Fsp3) is 0.929. The molecular formula is C14H24N2O2. The minimum Gasteiger partial charge on any atom is -0.376 e. The molecule has 1 amide bonds. The number of hydrogen-bond acceptors (Lipinski definition) is 3. The molecule has 2 aliphatic heterocycles. The normalized spacial score (nSPS) is 35.3. The monoisotopic (exact) mass is 252 g/mol. The molecule has 1 aliphatic carbocycles. The van der Waals surface area contributed by atoms with E-state index in [-0.39, 0.29) is 0 Å². The minimum atomic E-state index is 0.304. The predicted octanol–water partition coefficient (Wildman–Crippen LogP) is 0.821. The van der Waals surface area contributed by atoms with Gasteiger partial charge in [0.25, 0.3) is 0 Å². The van der Waals surface area contributed by atoms with Crippen LogP contribution in [0.3, 0.4) is 0 Å². The lowest BCUT2D eigenvalue weighted by molar-refractivity contribution is -0.131. The molecule has 4 heteroatoms. The van der Waals surface area contributed by atoms with Crippen molar-refractivity contribution in [3.63, 3.8) is 0 Å². The lowest BCUT2D eigenvalue weighted by atomic mass is 9.93. The second kappa shape index (κ2) is 4.82. The van der Waals surface area contributed by atoms with Crippen LogP contribution >= 0.6 is 0 Å². The highest BCUT2D eigenvalue weighted by atomic mass is 16.5. The molecule has 102 valence electrons. The molecule has 0 radical (unpaired) electrons. The molecule has 2 heterocycles. The topological polar surface area (TPSA) is 32.8 Å². The first-order chi connectivity index (χ1) is 8.63. The summed E-state index contributed by atoms with van der Waals surface area (Å²) in [4.78, 5) is 16.4. The maximum atomic E-state index is 12.1. The summed E-state index contributed by atoms with van der Waals surface area (Å²) >= 11 is 0. The zero-order valence-corrected chi connectivity index (χ0v) is 11.5. The summed E-state index contributed by atoms with van der Waals surface area (Å²) in [5, 5.41) is 0.